The number of aryl methyl sites for hydroxylation is 1. The maximum Gasteiger partial charge on any atom is 0.284 e. The number of ether oxygens (including phenoxy) is 1. The summed E-state index contributed by atoms with van der Waals surface area (Å²) >= 11 is 0. The van der Waals surface area contributed by atoms with Crippen LogP contribution in [0.2, 0.25) is 0 Å². The first kappa shape index (κ1) is 18.0. The largest absolute Gasteiger partial charge is 0.483 e. The summed E-state index contributed by atoms with van der Waals surface area (Å²) in [5.74, 6) is 0.533. The molecule has 0 fully saturated rings. The number of carbonyl (C=O) groups excluding carboxylic acids is 1. The van der Waals surface area contributed by atoms with Crippen molar-refractivity contribution in [2.45, 2.75) is 20.3 Å². The third kappa shape index (κ3) is 3.54. The monoisotopic (exact) mass is 370 g/mol. The molecule has 4 rings (SSSR count). The van der Waals surface area contributed by atoms with Crippen molar-refractivity contribution in [3.05, 3.63) is 95.3 Å². The van der Waals surface area contributed by atoms with Crippen molar-refractivity contribution in [1.29, 1.82) is 0 Å². The topological polar surface area (TPSA) is 44.1 Å². The first-order chi connectivity index (χ1) is 13.6. The molecular weight excluding hydrogens is 348 g/mol. The smallest absolute Gasteiger partial charge is 0.284 e. The van der Waals surface area contributed by atoms with Crippen molar-refractivity contribution < 1.29 is 9.53 Å². The van der Waals surface area contributed by atoms with Crippen molar-refractivity contribution in [2.75, 3.05) is 6.61 Å². The molecule has 0 aliphatic carbocycles. The Bertz CT molecular complexity index is 1120. The van der Waals surface area contributed by atoms with Gasteiger partial charge in [-0.2, -0.15) is 5.10 Å². The number of benzene rings is 3. The van der Waals surface area contributed by atoms with Crippen LogP contribution in [0, 0.1) is 13.8 Å². The van der Waals surface area contributed by atoms with Gasteiger partial charge in [-0.15, -0.1) is 0 Å². The molecule has 1 aromatic heterocycles. The zero-order chi connectivity index (χ0) is 19.5. The van der Waals surface area contributed by atoms with E-state index in [0.717, 1.165) is 34.1 Å². The molecule has 4 aromatic rings. The fraction of sp³-hybridized carbons (Fsp3) is 0.167. The standard InChI is InChI=1S/C24H22N2O2/c1-17-22(15-19-9-4-3-5-10-19)18(2)26(25-17)24(27)16-28-23-14-8-12-20-11-6-7-13-21(20)23/h3-14H,15-16H2,1-2H3. The normalized spacial score (nSPS) is 10.9. The average Bonchev–Trinajstić information content (AvgIpc) is 3.01. The number of fused-ring (bicyclic) bond motifs is 1. The molecule has 0 aliphatic heterocycles. The van der Waals surface area contributed by atoms with Gasteiger partial charge in [0.25, 0.3) is 5.91 Å². The van der Waals surface area contributed by atoms with Crippen LogP contribution in [0.15, 0.2) is 72.8 Å². The lowest BCUT2D eigenvalue weighted by Gasteiger charge is -2.09. The lowest BCUT2D eigenvalue weighted by atomic mass is 10.0. The summed E-state index contributed by atoms with van der Waals surface area (Å²) in [6.07, 6.45) is 0.760. The minimum absolute atomic E-state index is 0.0548. The van der Waals surface area contributed by atoms with Crippen LogP contribution in [0.5, 0.6) is 5.75 Å². The highest BCUT2D eigenvalue weighted by Crippen LogP contribution is 2.25. The SMILES string of the molecule is Cc1nn(C(=O)COc2cccc3ccccc23)c(C)c1Cc1ccccc1. The summed E-state index contributed by atoms with van der Waals surface area (Å²) in [7, 11) is 0. The van der Waals surface area contributed by atoms with E-state index < -0.39 is 0 Å². The predicted octanol–water partition coefficient (Wildman–Crippen LogP) is 4.96. The van der Waals surface area contributed by atoms with Crippen molar-refractivity contribution in [1.82, 2.24) is 9.78 Å². The van der Waals surface area contributed by atoms with E-state index in [1.165, 1.54) is 10.2 Å². The zero-order valence-electron chi connectivity index (χ0n) is 16.1. The number of nitrogens with zero attached hydrogens (tertiary/aromatic N) is 2. The zero-order valence-corrected chi connectivity index (χ0v) is 16.1. The van der Waals surface area contributed by atoms with E-state index in [-0.39, 0.29) is 12.5 Å². The van der Waals surface area contributed by atoms with Gasteiger partial charge < -0.3 is 4.74 Å². The summed E-state index contributed by atoms with van der Waals surface area (Å²) in [6.45, 7) is 3.83. The Labute approximate surface area is 164 Å². The molecule has 0 spiro atoms. The summed E-state index contributed by atoms with van der Waals surface area (Å²) in [5, 5.41) is 6.55. The van der Waals surface area contributed by atoms with Crippen molar-refractivity contribution in [2.24, 2.45) is 0 Å². The van der Waals surface area contributed by atoms with Gasteiger partial charge in [0.1, 0.15) is 5.75 Å². The molecule has 0 aliphatic rings. The van der Waals surface area contributed by atoms with Gasteiger partial charge in [-0.25, -0.2) is 4.68 Å². The Morgan fingerprint density at radius 3 is 2.46 bits per heavy atom. The maximum atomic E-state index is 12.8. The van der Waals surface area contributed by atoms with Crippen molar-refractivity contribution >= 4 is 16.7 Å². The third-order valence-corrected chi connectivity index (χ3v) is 5.00. The minimum atomic E-state index is -0.173. The van der Waals surface area contributed by atoms with Gasteiger partial charge in [-0.3, -0.25) is 4.79 Å². The molecule has 3 aromatic carbocycles. The van der Waals surface area contributed by atoms with E-state index in [4.69, 9.17) is 4.74 Å². The van der Waals surface area contributed by atoms with Crippen molar-refractivity contribution in [3.63, 3.8) is 0 Å². The molecular formula is C24H22N2O2. The summed E-state index contributed by atoms with van der Waals surface area (Å²) < 4.78 is 7.32. The Kier molecular flexibility index (Phi) is 4.94. The Balaban J connectivity index is 1.53. The molecule has 4 heteroatoms. The predicted molar refractivity (Wildman–Crippen MR) is 111 cm³/mol. The molecule has 0 amide bonds. The number of hydrogen-bond acceptors (Lipinski definition) is 3. The van der Waals surface area contributed by atoms with Crippen LogP contribution >= 0.6 is 0 Å². The van der Waals surface area contributed by atoms with Gasteiger partial charge in [0.2, 0.25) is 0 Å². The molecule has 0 saturated carbocycles. The third-order valence-electron chi connectivity index (χ3n) is 5.00. The maximum absolute atomic E-state index is 12.8. The Morgan fingerprint density at radius 2 is 1.64 bits per heavy atom. The van der Waals surface area contributed by atoms with E-state index in [0.29, 0.717) is 5.75 Å². The quantitative estimate of drug-likeness (QED) is 0.498. The number of carbonyl (C=O) groups is 1. The minimum Gasteiger partial charge on any atom is -0.483 e. The summed E-state index contributed by atoms with van der Waals surface area (Å²) in [4.78, 5) is 12.8. The fourth-order valence-corrected chi connectivity index (χ4v) is 3.50. The Hall–Kier alpha value is -3.40. The van der Waals surface area contributed by atoms with Crippen molar-refractivity contribution in [3.8, 4) is 5.75 Å². The first-order valence-corrected chi connectivity index (χ1v) is 9.36. The van der Waals surface area contributed by atoms with Gasteiger partial charge in [-0.05, 0) is 30.9 Å². The van der Waals surface area contributed by atoms with Gasteiger partial charge in [0.15, 0.2) is 6.61 Å². The van der Waals surface area contributed by atoms with Crippen LogP contribution in [-0.2, 0) is 6.42 Å². The second kappa shape index (κ2) is 7.69. The molecule has 0 unspecified atom stereocenters. The van der Waals surface area contributed by atoms with Crippen LogP contribution < -0.4 is 4.74 Å². The molecule has 0 bridgehead atoms. The lowest BCUT2D eigenvalue weighted by molar-refractivity contribution is 0.0819. The molecule has 0 N–H and O–H groups in total. The molecule has 28 heavy (non-hydrogen) atoms. The summed E-state index contributed by atoms with van der Waals surface area (Å²) in [5.41, 5.74) is 4.03. The first-order valence-electron chi connectivity index (χ1n) is 9.36. The van der Waals surface area contributed by atoms with Gasteiger partial charge in [-0.1, -0.05) is 66.7 Å². The molecule has 0 atom stereocenters. The second-order valence-corrected chi connectivity index (χ2v) is 6.88. The van der Waals surface area contributed by atoms with Gasteiger partial charge in [0, 0.05) is 23.1 Å². The van der Waals surface area contributed by atoms with E-state index in [1.807, 2.05) is 74.5 Å². The molecule has 1 heterocycles. The lowest BCUT2D eigenvalue weighted by Crippen LogP contribution is -2.21. The number of aromatic nitrogens is 2. The summed E-state index contributed by atoms with van der Waals surface area (Å²) in [6, 6.07) is 24.0. The number of hydrogen-bond donors (Lipinski definition) is 0. The van der Waals surface area contributed by atoms with Gasteiger partial charge in [0.05, 0.1) is 5.69 Å². The Morgan fingerprint density at radius 1 is 0.929 bits per heavy atom. The van der Waals surface area contributed by atoms with Crippen LogP contribution in [0.1, 0.15) is 27.3 Å². The molecule has 0 saturated heterocycles. The van der Waals surface area contributed by atoms with Crippen LogP contribution in [0.25, 0.3) is 10.8 Å². The van der Waals surface area contributed by atoms with E-state index >= 15 is 0 Å². The second-order valence-electron chi connectivity index (χ2n) is 6.88. The molecule has 140 valence electrons. The number of rotatable bonds is 5. The fourth-order valence-electron chi connectivity index (χ4n) is 3.50. The van der Waals surface area contributed by atoms with Gasteiger partial charge >= 0.3 is 0 Å². The average molecular weight is 370 g/mol. The highest BCUT2D eigenvalue weighted by atomic mass is 16.5. The van der Waals surface area contributed by atoms with Crippen LogP contribution in [0.4, 0.5) is 0 Å². The van der Waals surface area contributed by atoms with E-state index in [9.17, 15) is 4.79 Å². The molecule has 4 nitrogen and oxygen atoms in total. The molecule has 0 radical (unpaired) electrons. The van der Waals surface area contributed by atoms with E-state index in [2.05, 4.69) is 17.2 Å². The highest BCUT2D eigenvalue weighted by molar-refractivity contribution is 5.89. The van der Waals surface area contributed by atoms with E-state index in [1.54, 1.807) is 0 Å². The highest BCUT2D eigenvalue weighted by Gasteiger charge is 2.17. The van der Waals surface area contributed by atoms with Crippen LogP contribution in [0.3, 0.4) is 0 Å². The van der Waals surface area contributed by atoms with Crippen LogP contribution in [-0.4, -0.2) is 22.3 Å².